The smallest absolute Gasteiger partial charge is 0.216 e. The number of carbonyl (C=O) groups excluding carboxylic acids is 1. The standard InChI is InChI=1S/C8H16NO9P/c1-3(10)9-2-4-5(11)6(12)7(13)8(17-4)18-19(14,15)16/h4-8,11-13H,2H2,1H3,(H,9,10)(H2,14,15,16)/p-2/t4-,5-,6+,7-,8?/m1/s1. The maximum atomic E-state index is 10.7. The third-order valence-corrected chi connectivity index (χ3v) is 2.92. The van der Waals surface area contributed by atoms with Crippen LogP contribution in [0, 0.1) is 0 Å². The number of rotatable bonds is 4. The van der Waals surface area contributed by atoms with Crippen LogP contribution in [0.3, 0.4) is 0 Å². The molecule has 0 aromatic heterocycles. The topological polar surface area (TPSA) is 171 Å². The normalized spacial score (nSPS) is 36.0. The lowest BCUT2D eigenvalue weighted by Gasteiger charge is -2.43. The lowest BCUT2D eigenvalue weighted by atomic mass is 9.99. The van der Waals surface area contributed by atoms with E-state index in [1.165, 1.54) is 6.92 Å². The molecule has 0 radical (unpaired) electrons. The minimum Gasteiger partial charge on any atom is -0.790 e. The molecule has 112 valence electrons. The first-order chi connectivity index (χ1) is 8.61. The van der Waals surface area contributed by atoms with Gasteiger partial charge in [-0.25, -0.2) is 0 Å². The predicted molar refractivity (Wildman–Crippen MR) is 54.1 cm³/mol. The Morgan fingerprint density at radius 3 is 2.37 bits per heavy atom. The molecule has 1 fully saturated rings. The Hall–Kier alpha value is -0.580. The summed E-state index contributed by atoms with van der Waals surface area (Å²) in [4.78, 5) is 31.6. The van der Waals surface area contributed by atoms with Crippen molar-refractivity contribution in [1.82, 2.24) is 5.32 Å². The van der Waals surface area contributed by atoms with Crippen molar-refractivity contribution in [1.29, 1.82) is 0 Å². The molecule has 1 saturated heterocycles. The molecule has 1 amide bonds. The lowest BCUT2D eigenvalue weighted by molar-refractivity contribution is -0.367. The largest absolute Gasteiger partial charge is 0.790 e. The molecule has 0 saturated carbocycles. The van der Waals surface area contributed by atoms with Crippen LogP contribution in [-0.4, -0.2) is 58.5 Å². The molecule has 1 heterocycles. The average molecular weight is 299 g/mol. The summed E-state index contributed by atoms with van der Waals surface area (Å²) in [5, 5.41) is 30.7. The van der Waals surface area contributed by atoms with E-state index in [4.69, 9.17) is 4.74 Å². The fourth-order valence-corrected chi connectivity index (χ4v) is 1.97. The Kier molecular flexibility index (Phi) is 5.42. The van der Waals surface area contributed by atoms with Crippen LogP contribution in [0.4, 0.5) is 0 Å². The number of carbonyl (C=O) groups is 1. The van der Waals surface area contributed by atoms with Gasteiger partial charge < -0.3 is 44.2 Å². The van der Waals surface area contributed by atoms with E-state index in [1.807, 2.05) is 0 Å². The van der Waals surface area contributed by atoms with E-state index in [9.17, 15) is 34.5 Å². The molecule has 4 N–H and O–H groups in total. The molecule has 0 bridgehead atoms. The van der Waals surface area contributed by atoms with Gasteiger partial charge >= 0.3 is 0 Å². The molecule has 5 atom stereocenters. The van der Waals surface area contributed by atoms with Gasteiger partial charge in [0, 0.05) is 13.5 Å². The number of amides is 1. The summed E-state index contributed by atoms with van der Waals surface area (Å²) < 4.78 is 19.2. The van der Waals surface area contributed by atoms with Crippen molar-refractivity contribution in [3.63, 3.8) is 0 Å². The first-order valence-corrected chi connectivity index (χ1v) is 6.72. The first kappa shape index (κ1) is 16.5. The van der Waals surface area contributed by atoms with Crippen molar-refractivity contribution in [3.8, 4) is 0 Å². The summed E-state index contributed by atoms with van der Waals surface area (Å²) in [6.07, 6.45) is -8.47. The second-order valence-corrected chi connectivity index (χ2v) is 5.11. The number of hydrogen-bond acceptors (Lipinski definition) is 9. The second kappa shape index (κ2) is 6.25. The van der Waals surface area contributed by atoms with Gasteiger partial charge in [-0.2, -0.15) is 0 Å². The third kappa shape index (κ3) is 4.79. The molecular weight excluding hydrogens is 285 g/mol. The summed E-state index contributed by atoms with van der Waals surface area (Å²) >= 11 is 0. The molecule has 1 unspecified atom stereocenters. The van der Waals surface area contributed by atoms with E-state index in [-0.39, 0.29) is 6.54 Å². The zero-order chi connectivity index (χ0) is 14.8. The Labute approximate surface area is 108 Å². The first-order valence-electron chi connectivity index (χ1n) is 5.26. The molecule has 0 spiro atoms. The van der Waals surface area contributed by atoms with Crippen molar-refractivity contribution >= 4 is 13.7 Å². The van der Waals surface area contributed by atoms with Crippen molar-refractivity contribution in [2.45, 2.75) is 37.6 Å². The van der Waals surface area contributed by atoms with Gasteiger partial charge in [0.1, 0.15) is 24.4 Å². The predicted octanol–water partition coefficient (Wildman–Crippen LogP) is -4.22. The third-order valence-electron chi connectivity index (χ3n) is 2.45. The van der Waals surface area contributed by atoms with Crippen LogP contribution in [-0.2, 0) is 18.6 Å². The Morgan fingerprint density at radius 2 is 1.89 bits per heavy atom. The molecule has 0 aromatic rings. The number of phosphoric acid groups is 1. The number of nitrogens with one attached hydrogen (secondary N) is 1. The maximum Gasteiger partial charge on any atom is 0.216 e. The molecular formula is C8H14NO9P-2. The van der Waals surface area contributed by atoms with Gasteiger partial charge in [0.15, 0.2) is 6.29 Å². The van der Waals surface area contributed by atoms with E-state index >= 15 is 0 Å². The highest BCUT2D eigenvalue weighted by molar-refractivity contribution is 7.43. The van der Waals surface area contributed by atoms with Crippen molar-refractivity contribution < 1.29 is 43.7 Å². The van der Waals surface area contributed by atoms with Crippen LogP contribution in [0.1, 0.15) is 6.92 Å². The molecule has 1 aliphatic rings. The zero-order valence-electron chi connectivity index (χ0n) is 9.83. The summed E-state index contributed by atoms with van der Waals surface area (Å²) in [5.74, 6) is -0.452. The van der Waals surface area contributed by atoms with Gasteiger partial charge in [-0.3, -0.25) is 4.79 Å². The van der Waals surface area contributed by atoms with E-state index in [0.717, 1.165) is 0 Å². The molecule has 19 heavy (non-hydrogen) atoms. The molecule has 1 rings (SSSR count). The number of phosphoric ester groups is 1. The number of aliphatic hydroxyl groups is 3. The van der Waals surface area contributed by atoms with Crippen molar-refractivity contribution in [2.75, 3.05) is 6.54 Å². The fourth-order valence-electron chi connectivity index (χ4n) is 1.54. The van der Waals surface area contributed by atoms with Gasteiger partial charge in [-0.05, 0) is 0 Å². The summed E-state index contributed by atoms with van der Waals surface area (Å²) in [7, 11) is -5.45. The zero-order valence-corrected chi connectivity index (χ0v) is 10.7. The molecule has 0 aromatic carbocycles. The minimum atomic E-state index is -5.45. The van der Waals surface area contributed by atoms with Gasteiger partial charge in [0.25, 0.3) is 0 Å². The summed E-state index contributed by atoms with van der Waals surface area (Å²) in [5.41, 5.74) is 0. The van der Waals surface area contributed by atoms with Gasteiger partial charge in [0.05, 0.1) is 7.82 Å². The average Bonchev–Trinajstić information content (AvgIpc) is 2.26. The van der Waals surface area contributed by atoms with E-state index in [1.54, 1.807) is 0 Å². The van der Waals surface area contributed by atoms with Crippen LogP contribution in [0.15, 0.2) is 0 Å². The van der Waals surface area contributed by atoms with Crippen LogP contribution < -0.4 is 15.1 Å². The summed E-state index contributed by atoms with van der Waals surface area (Å²) in [6, 6.07) is 0. The minimum absolute atomic E-state index is 0.262. The lowest BCUT2D eigenvalue weighted by Crippen LogP contribution is -2.60. The SMILES string of the molecule is CC(=O)NC[C@H]1OC(OP(=O)([O-])[O-])[C@H](O)[C@@H](O)[C@@H]1O. The number of hydrogen-bond donors (Lipinski definition) is 4. The molecule has 11 heteroatoms. The second-order valence-electron chi connectivity index (χ2n) is 4.00. The highest BCUT2D eigenvalue weighted by Crippen LogP contribution is 2.33. The van der Waals surface area contributed by atoms with Gasteiger partial charge in [0.2, 0.25) is 5.91 Å². The quantitative estimate of drug-likeness (QED) is 0.375. The van der Waals surface area contributed by atoms with Crippen LogP contribution in [0.2, 0.25) is 0 Å². The van der Waals surface area contributed by atoms with Gasteiger partial charge in [-0.15, -0.1) is 0 Å². The fraction of sp³-hybridized carbons (Fsp3) is 0.875. The van der Waals surface area contributed by atoms with E-state index in [0.29, 0.717) is 0 Å². The molecule has 10 nitrogen and oxygen atoms in total. The van der Waals surface area contributed by atoms with Crippen molar-refractivity contribution in [3.05, 3.63) is 0 Å². The van der Waals surface area contributed by atoms with Crippen LogP contribution >= 0.6 is 7.82 Å². The molecule has 0 aliphatic carbocycles. The Bertz CT molecular complexity index is 371. The molecule has 1 aliphatic heterocycles. The number of aliphatic hydroxyl groups excluding tert-OH is 3. The maximum absolute atomic E-state index is 10.7. The Balaban J connectivity index is 2.73. The highest BCUT2D eigenvalue weighted by Gasteiger charge is 2.44. The van der Waals surface area contributed by atoms with Gasteiger partial charge in [-0.1, -0.05) is 0 Å². The van der Waals surface area contributed by atoms with Crippen molar-refractivity contribution in [2.24, 2.45) is 0 Å². The van der Waals surface area contributed by atoms with Crippen LogP contribution in [0.5, 0.6) is 0 Å². The van der Waals surface area contributed by atoms with Crippen LogP contribution in [0.25, 0.3) is 0 Å². The van der Waals surface area contributed by atoms with E-state index < -0.39 is 44.4 Å². The Morgan fingerprint density at radius 1 is 1.32 bits per heavy atom. The highest BCUT2D eigenvalue weighted by atomic mass is 31.2. The summed E-state index contributed by atoms with van der Waals surface area (Å²) in [6.45, 7) is 0.931. The van der Waals surface area contributed by atoms with E-state index in [2.05, 4.69) is 9.84 Å². The monoisotopic (exact) mass is 299 g/mol. The number of ether oxygens (including phenoxy) is 1.